The summed E-state index contributed by atoms with van der Waals surface area (Å²) in [6.45, 7) is 5.65. The van der Waals surface area contributed by atoms with Crippen LogP contribution in [-0.2, 0) is 0 Å². The molecule has 1 saturated carbocycles. The van der Waals surface area contributed by atoms with Crippen LogP contribution in [0.1, 0.15) is 49.8 Å². The van der Waals surface area contributed by atoms with E-state index in [2.05, 4.69) is 43.0 Å². The second kappa shape index (κ2) is 5.26. The fourth-order valence-corrected chi connectivity index (χ4v) is 4.07. The van der Waals surface area contributed by atoms with Crippen LogP contribution < -0.4 is 5.73 Å². The fourth-order valence-electron chi connectivity index (χ4n) is 4.07. The molecular weight excluding hydrogens is 232 g/mol. The molecule has 3 rings (SSSR count). The Balaban J connectivity index is 1.89. The maximum atomic E-state index is 6.47. The largest absolute Gasteiger partial charge is 0.326 e. The molecule has 2 fully saturated rings. The average Bonchev–Trinajstić information content (AvgIpc) is 3.01. The van der Waals surface area contributed by atoms with Crippen LogP contribution in [0.25, 0.3) is 0 Å². The van der Waals surface area contributed by atoms with Gasteiger partial charge >= 0.3 is 0 Å². The van der Waals surface area contributed by atoms with Gasteiger partial charge in [0.1, 0.15) is 0 Å². The third-order valence-corrected chi connectivity index (χ3v) is 5.07. The van der Waals surface area contributed by atoms with Crippen LogP contribution in [0.5, 0.6) is 0 Å². The number of nitrogens with zero attached hydrogens (tertiary/aromatic N) is 1. The van der Waals surface area contributed by atoms with E-state index in [0.717, 1.165) is 18.4 Å². The summed E-state index contributed by atoms with van der Waals surface area (Å²) in [4.78, 5) is 2.71. The highest BCUT2D eigenvalue weighted by Gasteiger charge is 2.42. The lowest BCUT2D eigenvalue weighted by molar-refractivity contribution is 0.127. The standard InChI is InChI=1S/C17H26N2/c1-3-16(18)17(14-6-4-5-12(2)9-14)19-11-13-7-8-15(19)10-13/h4-6,9,13,15-17H,3,7-8,10-11,18H2,1-2H3. The van der Waals surface area contributed by atoms with Crippen LogP contribution in [0.3, 0.4) is 0 Å². The van der Waals surface area contributed by atoms with Gasteiger partial charge in [-0.25, -0.2) is 0 Å². The summed E-state index contributed by atoms with van der Waals surface area (Å²) in [5.41, 5.74) is 9.23. The number of hydrogen-bond acceptors (Lipinski definition) is 2. The average molecular weight is 258 g/mol. The lowest BCUT2D eigenvalue weighted by Gasteiger charge is -2.38. The highest BCUT2D eigenvalue weighted by atomic mass is 15.2. The number of likely N-dealkylation sites (tertiary alicyclic amines) is 1. The van der Waals surface area contributed by atoms with Gasteiger partial charge < -0.3 is 5.73 Å². The molecule has 1 saturated heterocycles. The molecule has 1 heterocycles. The molecule has 4 unspecified atom stereocenters. The number of nitrogens with two attached hydrogens (primary N) is 1. The van der Waals surface area contributed by atoms with Gasteiger partial charge in [-0.05, 0) is 44.1 Å². The van der Waals surface area contributed by atoms with Gasteiger partial charge in [0.25, 0.3) is 0 Å². The van der Waals surface area contributed by atoms with Crippen molar-refractivity contribution in [3.05, 3.63) is 35.4 Å². The Morgan fingerprint density at radius 1 is 1.37 bits per heavy atom. The Bertz CT molecular complexity index is 443. The second-order valence-corrected chi connectivity index (χ2v) is 6.46. The zero-order valence-corrected chi connectivity index (χ0v) is 12.2. The van der Waals surface area contributed by atoms with Gasteiger partial charge in [-0.1, -0.05) is 36.8 Å². The summed E-state index contributed by atoms with van der Waals surface area (Å²) in [5.74, 6) is 0.932. The number of aryl methyl sites for hydroxylation is 1. The first-order chi connectivity index (χ1) is 9.19. The van der Waals surface area contributed by atoms with Gasteiger partial charge in [0.05, 0.1) is 6.04 Å². The molecule has 1 aromatic carbocycles. The van der Waals surface area contributed by atoms with E-state index in [4.69, 9.17) is 5.73 Å². The Kier molecular flexibility index (Phi) is 3.64. The van der Waals surface area contributed by atoms with Crippen molar-refractivity contribution in [2.24, 2.45) is 11.7 Å². The third-order valence-electron chi connectivity index (χ3n) is 5.07. The molecular formula is C17H26N2. The first-order valence-corrected chi connectivity index (χ1v) is 7.77. The molecule has 2 heteroatoms. The van der Waals surface area contributed by atoms with E-state index < -0.39 is 0 Å². The van der Waals surface area contributed by atoms with E-state index in [0.29, 0.717) is 6.04 Å². The first-order valence-electron chi connectivity index (χ1n) is 7.77. The minimum Gasteiger partial charge on any atom is -0.326 e. The number of piperidine rings is 1. The molecule has 2 aliphatic rings. The molecule has 0 radical (unpaired) electrons. The van der Waals surface area contributed by atoms with Crippen molar-refractivity contribution in [1.29, 1.82) is 0 Å². The molecule has 1 aliphatic heterocycles. The van der Waals surface area contributed by atoms with Crippen LogP contribution in [0, 0.1) is 12.8 Å². The van der Waals surface area contributed by atoms with Gasteiger partial charge in [-0.3, -0.25) is 4.90 Å². The molecule has 19 heavy (non-hydrogen) atoms. The Morgan fingerprint density at radius 3 is 2.79 bits per heavy atom. The van der Waals surface area contributed by atoms with Crippen LogP contribution in [0.15, 0.2) is 24.3 Å². The van der Waals surface area contributed by atoms with E-state index in [1.165, 1.54) is 36.9 Å². The molecule has 0 aromatic heterocycles. The van der Waals surface area contributed by atoms with Crippen LogP contribution in [-0.4, -0.2) is 23.5 Å². The van der Waals surface area contributed by atoms with Gasteiger partial charge in [0.2, 0.25) is 0 Å². The van der Waals surface area contributed by atoms with Crippen molar-refractivity contribution in [3.63, 3.8) is 0 Å². The summed E-state index contributed by atoms with van der Waals surface area (Å²) < 4.78 is 0. The minimum atomic E-state index is 0.251. The van der Waals surface area contributed by atoms with Crippen molar-refractivity contribution in [3.8, 4) is 0 Å². The molecule has 4 atom stereocenters. The maximum absolute atomic E-state index is 6.47. The lowest BCUT2D eigenvalue weighted by atomic mass is 9.93. The molecule has 2 bridgehead atoms. The lowest BCUT2D eigenvalue weighted by Crippen LogP contribution is -2.44. The molecule has 1 aliphatic carbocycles. The van der Waals surface area contributed by atoms with Crippen molar-refractivity contribution in [2.45, 2.75) is 57.7 Å². The maximum Gasteiger partial charge on any atom is 0.0502 e. The van der Waals surface area contributed by atoms with Gasteiger partial charge in [-0.15, -0.1) is 0 Å². The predicted octanol–water partition coefficient (Wildman–Crippen LogP) is 3.26. The van der Waals surface area contributed by atoms with Crippen LogP contribution in [0.4, 0.5) is 0 Å². The fraction of sp³-hybridized carbons (Fsp3) is 0.647. The Labute approximate surface area is 117 Å². The summed E-state index contributed by atoms with van der Waals surface area (Å²) in [7, 11) is 0. The normalized spacial score (nSPS) is 29.6. The molecule has 104 valence electrons. The monoisotopic (exact) mass is 258 g/mol. The molecule has 2 nitrogen and oxygen atoms in total. The summed E-state index contributed by atoms with van der Waals surface area (Å²) in [5, 5.41) is 0. The topological polar surface area (TPSA) is 29.3 Å². The molecule has 2 N–H and O–H groups in total. The quantitative estimate of drug-likeness (QED) is 0.898. The summed E-state index contributed by atoms with van der Waals surface area (Å²) >= 11 is 0. The van der Waals surface area contributed by atoms with Crippen molar-refractivity contribution >= 4 is 0 Å². The van der Waals surface area contributed by atoms with E-state index in [9.17, 15) is 0 Å². The first kappa shape index (κ1) is 13.1. The number of benzene rings is 1. The third kappa shape index (κ3) is 2.44. The number of fused-ring (bicyclic) bond motifs is 2. The highest BCUT2D eigenvalue weighted by molar-refractivity contribution is 5.27. The zero-order valence-electron chi connectivity index (χ0n) is 12.2. The number of hydrogen-bond donors (Lipinski definition) is 1. The molecule has 1 aromatic rings. The van der Waals surface area contributed by atoms with Gasteiger partial charge in [0, 0.05) is 18.6 Å². The van der Waals surface area contributed by atoms with E-state index in [1.54, 1.807) is 0 Å². The van der Waals surface area contributed by atoms with E-state index in [1.807, 2.05) is 0 Å². The highest BCUT2D eigenvalue weighted by Crippen LogP contribution is 2.43. The Hall–Kier alpha value is -0.860. The van der Waals surface area contributed by atoms with Crippen LogP contribution in [0.2, 0.25) is 0 Å². The zero-order chi connectivity index (χ0) is 13.4. The van der Waals surface area contributed by atoms with Gasteiger partial charge in [-0.2, -0.15) is 0 Å². The van der Waals surface area contributed by atoms with Gasteiger partial charge in [0.15, 0.2) is 0 Å². The summed E-state index contributed by atoms with van der Waals surface area (Å²) in [6, 6.07) is 10.4. The predicted molar refractivity (Wildman–Crippen MR) is 80.0 cm³/mol. The van der Waals surface area contributed by atoms with Crippen molar-refractivity contribution < 1.29 is 0 Å². The SMILES string of the molecule is CCC(N)C(c1cccc(C)c1)N1CC2CCC1C2. The van der Waals surface area contributed by atoms with E-state index in [-0.39, 0.29) is 6.04 Å². The number of rotatable bonds is 4. The molecule has 0 spiro atoms. The minimum absolute atomic E-state index is 0.251. The molecule has 0 amide bonds. The van der Waals surface area contributed by atoms with Crippen molar-refractivity contribution in [2.75, 3.05) is 6.54 Å². The Morgan fingerprint density at radius 2 is 2.21 bits per heavy atom. The summed E-state index contributed by atoms with van der Waals surface area (Å²) in [6.07, 6.45) is 5.26. The van der Waals surface area contributed by atoms with Crippen molar-refractivity contribution in [1.82, 2.24) is 4.90 Å². The van der Waals surface area contributed by atoms with Crippen LogP contribution >= 0.6 is 0 Å². The van der Waals surface area contributed by atoms with E-state index >= 15 is 0 Å². The second-order valence-electron chi connectivity index (χ2n) is 6.46. The smallest absolute Gasteiger partial charge is 0.0502 e.